The van der Waals surface area contributed by atoms with E-state index in [9.17, 15) is 4.39 Å². The van der Waals surface area contributed by atoms with Gasteiger partial charge in [0.15, 0.2) is 0 Å². The highest BCUT2D eigenvalue weighted by atomic mass is 32.2. The summed E-state index contributed by atoms with van der Waals surface area (Å²) in [5, 5.41) is 0. The normalized spacial score (nSPS) is 22.7. The molecule has 1 saturated heterocycles. The molecule has 1 aromatic rings. The van der Waals surface area contributed by atoms with Crippen LogP contribution in [-0.2, 0) is 6.42 Å². The van der Waals surface area contributed by atoms with Crippen LogP contribution in [0.3, 0.4) is 0 Å². The monoisotopic (exact) mass is 282 g/mol. The molecule has 4 heteroatoms. The smallest absolute Gasteiger partial charge is 0.123 e. The maximum atomic E-state index is 13.3. The fourth-order valence-electron chi connectivity index (χ4n) is 2.70. The Morgan fingerprint density at radius 2 is 2.32 bits per heavy atom. The Balaban J connectivity index is 2.12. The summed E-state index contributed by atoms with van der Waals surface area (Å²) >= 11 is 2.00. The van der Waals surface area contributed by atoms with E-state index in [4.69, 9.17) is 5.73 Å². The molecular formula is C15H23FN2S. The van der Waals surface area contributed by atoms with Crippen molar-refractivity contribution in [3.05, 3.63) is 35.6 Å². The molecule has 0 aliphatic carbocycles. The molecule has 0 saturated carbocycles. The fourth-order valence-corrected chi connectivity index (χ4v) is 3.96. The zero-order chi connectivity index (χ0) is 13.9. The maximum absolute atomic E-state index is 13.3. The molecule has 1 aliphatic heterocycles. The number of halogens is 1. The number of hydrogen-bond donors (Lipinski definition) is 1. The van der Waals surface area contributed by atoms with Crippen molar-refractivity contribution in [1.82, 2.24) is 4.90 Å². The molecule has 19 heavy (non-hydrogen) atoms. The van der Waals surface area contributed by atoms with Crippen LogP contribution in [0.2, 0.25) is 0 Å². The summed E-state index contributed by atoms with van der Waals surface area (Å²) in [6.07, 6.45) is 2.01. The molecule has 2 rings (SSSR count). The highest BCUT2D eigenvalue weighted by molar-refractivity contribution is 7.99. The zero-order valence-corrected chi connectivity index (χ0v) is 12.5. The molecule has 2 unspecified atom stereocenters. The molecule has 106 valence electrons. The number of benzene rings is 1. The van der Waals surface area contributed by atoms with E-state index in [0.29, 0.717) is 12.6 Å². The van der Waals surface area contributed by atoms with Gasteiger partial charge in [0.1, 0.15) is 5.82 Å². The predicted octanol–water partition coefficient (Wildman–Crippen LogP) is 2.52. The molecule has 1 aromatic carbocycles. The van der Waals surface area contributed by atoms with Gasteiger partial charge in [-0.15, -0.1) is 0 Å². The topological polar surface area (TPSA) is 29.3 Å². The number of thioether (sulfide) groups is 1. The number of nitrogens with zero attached hydrogens (tertiary/aromatic N) is 1. The van der Waals surface area contributed by atoms with Crippen molar-refractivity contribution < 1.29 is 4.39 Å². The molecule has 2 atom stereocenters. The summed E-state index contributed by atoms with van der Waals surface area (Å²) in [6.45, 7) is 2.77. The van der Waals surface area contributed by atoms with Crippen molar-refractivity contribution in [2.45, 2.75) is 31.3 Å². The lowest BCUT2D eigenvalue weighted by Crippen LogP contribution is -2.55. The van der Waals surface area contributed by atoms with Gasteiger partial charge in [-0.2, -0.15) is 11.8 Å². The first-order chi connectivity index (χ1) is 9.05. The fraction of sp³-hybridized carbons (Fsp3) is 0.600. The van der Waals surface area contributed by atoms with Gasteiger partial charge in [0, 0.05) is 23.9 Å². The second-order valence-corrected chi connectivity index (χ2v) is 6.79. The lowest BCUT2D eigenvalue weighted by molar-refractivity contribution is 0.103. The minimum Gasteiger partial charge on any atom is -0.329 e. The van der Waals surface area contributed by atoms with E-state index in [-0.39, 0.29) is 11.4 Å². The first kappa shape index (κ1) is 14.8. The zero-order valence-electron chi connectivity index (χ0n) is 11.7. The Kier molecular flexibility index (Phi) is 4.87. The first-order valence-corrected chi connectivity index (χ1v) is 7.96. The third kappa shape index (κ3) is 3.50. The third-order valence-electron chi connectivity index (χ3n) is 4.22. The van der Waals surface area contributed by atoms with Crippen LogP contribution in [0.1, 0.15) is 18.9 Å². The summed E-state index contributed by atoms with van der Waals surface area (Å²) in [4.78, 5) is 2.40. The molecule has 0 spiro atoms. The standard InChI is InChI=1S/C15H23FN2S/c1-15(11-17,18(2)14-6-7-19-10-14)9-12-4-3-5-13(16)8-12/h3-5,8,14H,6-7,9-11,17H2,1-2H3. The van der Waals surface area contributed by atoms with Gasteiger partial charge in [-0.25, -0.2) is 4.39 Å². The van der Waals surface area contributed by atoms with Crippen molar-refractivity contribution in [3.8, 4) is 0 Å². The van der Waals surface area contributed by atoms with E-state index < -0.39 is 0 Å². The average Bonchev–Trinajstić information content (AvgIpc) is 2.91. The van der Waals surface area contributed by atoms with Crippen LogP contribution in [0.5, 0.6) is 0 Å². The SMILES string of the molecule is CN(C1CCSC1)C(C)(CN)Cc1cccc(F)c1. The molecule has 0 bridgehead atoms. The molecule has 1 heterocycles. The van der Waals surface area contributed by atoms with Crippen LogP contribution in [0, 0.1) is 5.82 Å². The quantitative estimate of drug-likeness (QED) is 0.900. The second kappa shape index (κ2) is 6.25. The number of likely N-dealkylation sites (N-methyl/N-ethyl adjacent to an activating group) is 1. The van der Waals surface area contributed by atoms with E-state index in [1.165, 1.54) is 24.0 Å². The Bertz CT molecular complexity index is 420. The summed E-state index contributed by atoms with van der Waals surface area (Å²) in [5.41, 5.74) is 6.93. The van der Waals surface area contributed by atoms with Gasteiger partial charge in [-0.05, 0) is 50.3 Å². The van der Waals surface area contributed by atoms with E-state index in [1.807, 2.05) is 17.8 Å². The largest absolute Gasteiger partial charge is 0.329 e. The molecule has 0 amide bonds. The predicted molar refractivity (Wildman–Crippen MR) is 81.1 cm³/mol. The highest BCUT2D eigenvalue weighted by Crippen LogP contribution is 2.28. The van der Waals surface area contributed by atoms with Crippen molar-refractivity contribution in [1.29, 1.82) is 0 Å². The Hall–Kier alpha value is -0.580. The lowest BCUT2D eigenvalue weighted by atomic mass is 9.89. The minimum absolute atomic E-state index is 0.108. The molecule has 0 radical (unpaired) electrons. The third-order valence-corrected chi connectivity index (χ3v) is 5.36. The van der Waals surface area contributed by atoms with E-state index in [2.05, 4.69) is 18.9 Å². The second-order valence-electron chi connectivity index (χ2n) is 5.64. The van der Waals surface area contributed by atoms with Gasteiger partial charge in [-0.1, -0.05) is 12.1 Å². The van der Waals surface area contributed by atoms with Crippen LogP contribution >= 0.6 is 11.8 Å². The first-order valence-electron chi connectivity index (χ1n) is 6.80. The molecule has 0 aromatic heterocycles. The van der Waals surface area contributed by atoms with Gasteiger partial charge in [0.05, 0.1) is 0 Å². The average molecular weight is 282 g/mol. The van der Waals surface area contributed by atoms with Crippen molar-refractivity contribution in [2.75, 3.05) is 25.1 Å². The highest BCUT2D eigenvalue weighted by Gasteiger charge is 2.34. The summed E-state index contributed by atoms with van der Waals surface area (Å²) < 4.78 is 13.3. The van der Waals surface area contributed by atoms with Crippen LogP contribution in [0.4, 0.5) is 4.39 Å². The van der Waals surface area contributed by atoms with Gasteiger partial charge < -0.3 is 5.73 Å². The van der Waals surface area contributed by atoms with Crippen molar-refractivity contribution >= 4 is 11.8 Å². The van der Waals surface area contributed by atoms with Gasteiger partial charge in [0.25, 0.3) is 0 Å². The minimum atomic E-state index is -0.170. The maximum Gasteiger partial charge on any atom is 0.123 e. The summed E-state index contributed by atoms with van der Waals surface area (Å²) in [7, 11) is 2.16. The van der Waals surface area contributed by atoms with Crippen LogP contribution in [-0.4, -0.2) is 41.6 Å². The number of hydrogen-bond acceptors (Lipinski definition) is 3. The van der Waals surface area contributed by atoms with Crippen LogP contribution in [0.15, 0.2) is 24.3 Å². The Morgan fingerprint density at radius 1 is 1.53 bits per heavy atom. The van der Waals surface area contributed by atoms with Crippen LogP contribution in [0.25, 0.3) is 0 Å². The Labute approximate surface area is 119 Å². The van der Waals surface area contributed by atoms with Crippen molar-refractivity contribution in [3.63, 3.8) is 0 Å². The Morgan fingerprint density at radius 3 is 2.89 bits per heavy atom. The van der Waals surface area contributed by atoms with E-state index in [1.54, 1.807) is 12.1 Å². The van der Waals surface area contributed by atoms with Gasteiger partial charge >= 0.3 is 0 Å². The summed E-state index contributed by atoms with van der Waals surface area (Å²) in [5.74, 6) is 2.24. The summed E-state index contributed by atoms with van der Waals surface area (Å²) in [6, 6.07) is 7.44. The van der Waals surface area contributed by atoms with Gasteiger partial charge in [0.2, 0.25) is 0 Å². The molecule has 2 nitrogen and oxygen atoms in total. The number of nitrogens with two attached hydrogens (primary N) is 1. The van der Waals surface area contributed by atoms with Crippen LogP contribution < -0.4 is 5.73 Å². The van der Waals surface area contributed by atoms with Gasteiger partial charge in [-0.3, -0.25) is 4.90 Å². The molecule has 1 fully saturated rings. The molecule has 1 aliphatic rings. The van der Waals surface area contributed by atoms with Crippen molar-refractivity contribution in [2.24, 2.45) is 5.73 Å². The lowest BCUT2D eigenvalue weighted by Gasteiger charge is -2.42. The van der Waals surface area contributed by atoms with E-state index in [0.717, 1.165) is 12.0 Å². The number of rotatable bonds is 5. The molecular weight excluding hydrogens is 259 g/mol. The van der Waals surface area contributed by atoms with E-state index >= 15 is 0 Å². The molecule has 2 N–H and O–H groups in total.